The van der Waals surface area contributed by atoms with E-state index in [4.69, 9.17) is 5.11 Å². The van der Waals surface area contributed by atoms with E-state index in [-0.39, 0.29) is 6.04 Å². The van der Waals surface area contributed by atoms with E-state index in [1.165, 1.54) is 0 Å². The molecule has 0 fully saturated rings. The summed E-state index contributed by atoms with van der Waals surface area (Å²) in [5.74, 6) is -0.839. The Hall–Kier alpha value is -1.36. The zero-order valence-corrected chi connectivity index (χ0v) is 9.27. The summed E-state index contributed by atoms with van der Waals surface area (Å²) in [5.41, 5.74) is 0.790. The first-order valence-electron chi connectivity index (χ1n) is 4.94. The Morgan fingerprint density at radius 2 is 2.33 bits per heavy atom. The van der Waals surface area contributed by atoms with Crippen molar-refractivity contribution in [1.82, 2.24) is 14.9 Å². The average molecular weight is 211 g/mol. The van der Waals surface area contributed by atoms with Crippen LogP contribution in [-0.4, -0.2) is 32.7 Å². The van der Waals surface area contributed by atoms with E-state index in [1.54, 1.807) is 6.33 Å². The molecule has 1 rings (SSSR count). The van der Waals surface area contributed by atoms with Crippen molar-refractivity contribution in [3.05, 3.63) is 18.2 Å². The highest BCUT2D eigenvalue weighted by Gasteiger charge is 2.19. The number of aromatic nitrogens is 2. The first-order chi connectivity index (χ1) is 6.99. The first-order valence-corrected chi connectivity index (χ1v) is 4.94. The van der Waals surface area contributed by atoms with Gasteiger partial charge in [-0.1, -0.05) is 13.8 Å². The minimum absolute atomic E-state index is 0.148. The molecule has 0 aliphatic heterocycles. The average Bonchev–Trinajstić information content (AvgIpc) is 2.49. The molecule has 0 aromatic carbocycles. The minimum atomic E-state index is -0.839. The van der Waals surface area contributed by atoms with Crippen LogP contribution in [0.5, 0.6) is 0 Å². The van der Waals surface area contributed by atoms with Crippen LogP contribution in [0.25, 0.3) is 0 Å². The summed E-state index contributed by atoms with van der Waals surface area (Å²) >= 11 is 0. The molecule has 84 valence electrons. The van der Waals surface area contributed by atoms with Gasteiger partial charge in [0.25, 0.3) is 0 Å². The quantitative estimate of drug-likeness (QED) is 0.740. The number of hydrogen-bond acceptors (Lipinski definition) is 3. The lowest BCUT2D eigenvalue weighted by Gasteiger charge is -2.15. The van der Waals surface area contributed by atoms with Crippen molar-refractivity contribution in [3.8, 4) is 0 Å². The third kappa shape index (κ3) is 3.71. The van der Waals surface area contributed by atoms with Crippen molar-refractivity contribution < 1.29 is 9.90 Å². The van der Waals surface area contributed by atoms with E-state index in [9.17, 15) is 4.79 Å². The van der Waals surface area contributed by atoms with Gasteiger partial charge < -0.3 is 15.0 Å². The Bertz CT molecular complexity index is 333. The third-order valence-electron chi connectivity index (χ3n) is 2.00. The summed E-state index contributed by atoms with van der Waals surface area (Å²) in [6, 6.07) is -0.422. The Balaban J connectivity index is 2.62. The molecule has 0 spiro atoms. The summed E-state index contributed by atoms with van der Waals surface area (Å²) in [5, 5.41) is 12.0. The highest BCUT2D eigenvalue weighted by atomic mass is 16.4. The molecular weight excluding hydrogens is 194 g/mol. The zero-order chi connectivity index (χ0) is 11.4. The van der Waals surface area contributed by atoms with Gasteiger partial charge in [-0.2, -0.15) is 0 Å². The van der Waals surface area contributed by atoms with Crippen LogP contribution in [0.15, 0.2) is 12.5 Å². The second kappa shape index (κ2) is 4.93. The molecule has 5 heteroatoms. The van der Waals surface area contributed by atoms with E-state index >= 15 is 0 Å². The van der Waals surface area contributed by atoms with Gasteiger partial charge in [-0.05, 0) is 0 Å². The van der Waals surface area contributed by atoms with Crippen molar-refractivity contribution in [2.24, 2.45) is 7.05 Å². The number of carboxylic acids is 1. The van der Waals surface area contributed by atoms with Gasteiger partial charge in [0.05, 0.1) is 12.0 Å². The second-order valence-corrected chi connectivity index (χ2v) is 3.95. The van der Waals surface area contributed by atoms with Gasteiger partial charge in [-0.25, -0.2) is 4.98 Å². The van der Waals surface area contributed by atoms with Crippen molar-refractivity contribution in [1.29, 1.82) is 0 Å². The lowest BCUT2D eigenvalue weighted by molar-refractivity contribution is -0.139. The topological polar surface area (TPSA) is 67.2 Å². The molecule has 0 aliphatic rings. The molecule has 1 atom stereocenters. The number of hydrogen-bond donors (Lipinski definition) is 2. The van der Waals surface area contributed by atoms with Gasteiger partial charge in [-0.15, -0.1) is 0 Å². The predicted octanol–water partition coefficient (Wildman–Crippen LogP) is 0.414. The van der Waals surface area contributed by atoms with Crippen LogP contribution in [0.4, 0.5) is 0 Å². The number of aliphatic carboxylic acids is 1. The zero-order valence-electron chi connectivity index (χ0n) is 9.27. The standard InChI is InChI=1S/C10H17N3O2/c1-7(2)12-9(10(14)15)4-8-5-13(3)6-11-8/h5-7,9,12H,4H2,1-3H3,(H,14,15). The third-order valence-corrected chi connectivity index (χ3v) is 2.00. The maximum absolute atomic E-state index is 10.9. The number of nitrogens with zero attached hydrogens (tertiary/aromatic N) is 2. The number of aryl methyl sites for hydroxylation is 1. The van der Waals surface area contributed by atoms with Gasteiger partial charge in [0.1, 0.15) is 6.04 Å². The molecule has 2 N–H and O–H groups in total. The van der Waals surface area contributed by atoms with Crippen LogP contribution in [-0.2, 0) is 18.3 Å². The van der Waals surface area contributed by atoms with Crippen molar-refractivity contribution in [2.75, 3.05) is 0 Å². The van der Waals surface area contributed by atoms with Gasteiger partial charge >= 0.3 is 5.97 Å². The lowest BCUT2D eigenvalue weighted by Crippen LogP contribution is -2.42. The molecule has 15 heavy (non-hydrogen) atoms. The Morgan fingerprint density at radius 1 is 1.67 bits per heavy atom. The van der Waals surface area contributed by atoms with Crippen LogP contribution in [0.3, 0.4) is 0 Å². The molecule has 0 aliphatic carbocycles. The van der Waals surface area contributed by atoms with Crippen molar-refractivity contribution in [2.45, 2.75) is 32.4 Å². The van der Waals surface area contributed by atoms with E-state index in [0.29, 0.717) is 6.42 Å². The largest absolute Gasteiger partial charge is 0.480 e. The van der Waals surface area contributed by atoms with Crippen LogP contribution in [0.1, 0.15) is 19.5 Å². The van der Waals surface area contributed by atoms with E-state index in [0.717, 1.165) is 5.69 Å². The molecule has 0 radical (unpaired) electrons. The van der Waals surface area contributed by atoms with Crippen molar-refractivity contribution in [3.63, 3.8) is 0 Å². The Labute approximate surface area is 89.1 Å². The summed E-state index contributed by atoms with van der Waals surface area (Å²) in [6.07, 6.45) is 3.91. The van der Waals surface area contributed by atoms with Gasteiger partial charge in [0, 0.05) is 25.7 Å². The minimum Gasteiger partial charge on any atom is -0.480 e. The number of imidazole rings is 1. The molecule has 0 amide bonds. The monoisotopic (exact) mass is 211 g/mol. The summed E-state index contributed by atoms with van der Waals surface area (Å²) in [4.78, 5) is 15.1. The SMILES string of the molecule is CC(C)NC(Cc1cn(C)cn1)C(=O)O. The normalized spacial score (nSPS) is 13.1. The van der Waals surface area contributed by atoms with E-state index in [1.807, 2.05) is 31.7 Å². The Kier molecular flexibility index (Phi) is 3.85. The number of carbonyl (C=O) groups is 1. The van der Waals surface area contributed by atoms with Crippen molar-refractivity contribution >= 4 is 5.97 Å². The molecule has 0 bridgehead atoms. The highest BCUT2D eigenvalue weighted by molar-refractivity contribution is 5.73. The van der Waals surface area contributed by atoms with Gasteiger partial charge in [0.15, 0.2) is 0 Å². The molecule has 0 saturated heterocycles. The van der Waals surface area contributed by atoms with E-state index in [2.05, 4.69) is 10.3 Å². The number of carboxylic acid groups (broad SMARTS) is 1. The molecule has 0 saturated carbocycles. The maximum atomic E-state index is 10.9. The maximum Gasteiger partial charge on any atom is 0.321 e. The number of nitrogens with one attached hydrogen (secondary N) is 1. The molecule has 5 nitrogen and oxygen atoms in total. The molecule has 1 unspecified atom stereocenters. The first kappa shape index (κ1) is 11.7. The highest BCUT2D eigenvalue weighted by Crippen LogP contribution is 2.01. The fourth-order valence-electron chi connectivity index (χ4n) is 1.40. The molecule has 1 heterocycles. The van der Waals surface area contributed by atoms with Crippen LogP contribution in [0, 0.1) is 0 Å². The van der Waals surface area contributed by atoms with Gasteiger partial charge in [-0.3, -0.25) is 4.79 Å². The van der Waals surface area contributed by atoms with Crippen LogP contribution >= 0.6 is 0 Å². The summed E-state index contributed by atoms with van der Waals surface area (Å²) in [7, 11) is 1.86. The molecule has 1 aromatic rings. The predicted molar refractivity (Wildman–Crippen MR) is 56.6 cm³/mol. The van der Waals surface area contributed by atoms with Crippen LogP contribution in [0.2, 0.25) is 0 Å². The summed E-state index contributed by atoms with van der Waals surface area (Å²) < 4.78 is 1.81. The van der Waals surface area contributed by atoms with Crippen LogP contribution < -0.4 is 5.32 Å². The molecule has 1 aromatic heterocycles. The summed E-state index contributed by atoms with van der Waals surface area (Å²) in [6.45, 7) is 3.85. The lowest BCUT2D eigenvalue weighted by atomic mass is 10.1. The second-order valence-electron chi connectivity index (χ2n) is 3.95. The van der Waals surface area contributed by atoms with Gasteiger partial charge in [0.2, 0.25) is 0 Å². The fourth-order valence-corrected chi connectivity index (χ4v) is 1.40. The fraction of sp³-hybridized carbons (Fsp3) is 0.600. The molecular formula is C10H17N3O2. The Morgan fingerprint density at radius 3 is 2.73 bits per heavy atom. The van der Waals surface area contributed by atoms with E-state index < -0.39 is 12.0 Å². The smallest absolute Gasteiger partial charge is 0.321 e. The number of rotatable bonds is 5.